The lowest BCUT2D eigenvalue weighted by Gasteiger charge is -2.14. The van der Waals surface area contributed by atoms with Crippen LogP contribution in [0.3, 0.4) is 0 Å². The highest BCUT2D eigenvalue weighted by Crippen LogP contribution is 2.15. The van der Waals surface area contributed by atoms with Crippen LogP contribution < -0.4 is 16.6 Å². The van der Waals surface area contributed by atoms with Crippen LogP contribution in [-0.2, 0) is 30.8 Å². The summed E-state index contributed by atoms with van der Waals surface area (Å²) in [7, 11) is 0. The molecule has 0 radical (unpaired) electrons. The molecule has 0 atom stereocenters. The van der Waals surface area contributed by atoms with Gasteiger partial charge in [0.05, 0.1) is 10.9 Å². The zero-order chi connectivity index (χ0) is 22.5. The number of fused-ring (bicyclic) bond motifs is 1. The van der Waals surface area contributed by atoms with E-state index in [4.69, 9.17) is 0 Å². The van der Waals surface area contributed by atoms with E-state index in [1.54, 1.807) is 24.3 Å². The van der Waals surface area contributed by atoms with Crippen molar-refractivity contribution in [1.82, 2.24) is 14.5 Å². The second-order valence-electron chi connectivity index (χ2n) is 7.45. The van der Waals surface area contributed by atoms with Crippen LogP contribution in [0.15, 0.2) is 92.9 Å². The topological polar surface area (TPSA) is 73.1 Å². The number of halogens is 1. The maximum atomic E-state index is 13.2. The molecular formula is C25H22BrN3O3. The average molecular weight is 492 g/mol. The van der Waals surface area contributed by atoms with Gasteiger partial charge in [-0.3, -0.25) is 18.7 Å². The second-order valence-corrected chi connectivity index (χ2v) is 8.30. The SMILES string of the molecule is O=C(Cn1c(=O)n(CCc2ccccc2)c(=O)c2ccccc21)NCc1ccccc1Br. The van der Waals surface area contributed by atoms with Crippen molar-refractivity contribution in [2.45, 2.75) is 26.1 Å². The first-order valence-electron chi connectivity index (χ1n) is 10.3. The third-order valence-corrected chi connectivity index (χ3v) is 6.11. The molecule has 7 heteroatoms. The summed E-state index contributed by atoms with van der Waals surface area (Å²) < 4.78 is 3.49. The summed E-state index contributed by atoms with van der Waals surface area (Å²) in [6, 6.07) is 24.2. The lowest BCUT2D eigenvalue weighted by atomic mass is 10.1. The zero-order valence-electron chi connectivity index (χ0n) is 17.3. The number of para-hydroxylation sites is 1. The van der Waals surface area contributed by atoms with E-state index in [0.717, 1.165) is 15.6 Å². The fraction of sp³-hybridized carbons (Fsp3) is 0.160. The first-order valence-corrected chi connectivity index (χ1v) is 11.1. The first-order chi connectivity index (χ1) is 15.5. The van der Waals surface area contributed by atoms with Gasteiger partial charge >= 0.3 is 5.69 Å². The van der Waals surface area contributed by atoms with E-state index in [9.17, 15) is 14.4 Å². The lowest BCUT2D eigenvalue weighted by Crippen LogP contribution is -2.43. The molecular weight excluding hydrogens is 470 g/mol. The van der Waals surface area contributed by atoms with Crippen molar-refractivity contribution in [2.75, 3.05) is 0 Å². The number of nitrogens with zero attached hydrogens (tertiary/aromatic N) is 2. The number of benzene rings is 3. The molecule has 0 aliphatic rings. The number of hydrogen-bond donors (Lipinski definition) is 1. The Bertz CT molecular complexity index is 1380. The molecule has 0 fully saturated rings. The van der Waals surface area contributed by atoms with Crippen molar-refractivity contribution >= 4 is 32.7 Å². The molecule has 1 aromatic heterocycles. The van der Waals surface area contributed by atoms with Gasteiger partial charge in [-0.1, -0.05) is 76.6 Å². The van der Waals surface area contributed by atoms with Gasteiger partial charge in [0, 0.05) is 17.6 Å². The zero-order valence-corrected chi connectivity index (χ0v) is 18.9. The number of rotatable bonds is 7. The molecule has 4 rings (SSSR count). The second kappa shape index (κ2) is 9.78. The minimum Gasteiger partial charge on any atom is -0.350 e. The van der Waals surface area contributed by atoms with Crippen molar-refractivity contribution in [3.63, 3.8) is 0 Å². The Kier molecular flexibility index (Phi) is 6.66. The van der Waals surface area contributed by atoms with Gasteiger partial charge < -0.3 is 5.32 Å². The van der Waals surface area contributed by atoms with Crippen LogP contribution >= 0.6 is 15.9 Å². The Morgan fingerprint density at radius 2 is 1.53 bits per heavy atom. The van der Waals surface area contributed by atoms with Crippen molar-refractivity contribution in [3.05, 3.63) is 115 Å². The van der Waals surface area contributed by atoms with E-state index < -0.39 is 5.69 Å². The van der Waals surface area contributed by atoms with E-state index in [1.165, 1.54) is 9.13 Å². The number of carbonyl (C=O) groups is 1. The third-order valence-electron chi connectivity index (χ3n) is 5.33. The maximum absolute atomic E-state index is 13.2. The maximum Gasteiger partial charge on any atom is 0.331 e. The third kappa shape index (κ3) is 4.73. The summed E-state index contributed by atoms with van der Waals surface area (Å²) >= 11 is 3.47. The van der Waals surface area contributed by atoms with Crippen molar-refractivity contribution in [1.29, 1.82) is 0 Å². The van der Waals surface area contributed by atoms with Crippen LogP contribution in [-0.4, -0.2) is 15.0 Å². The number of carbonyl (C=O) groups excluding carboxylic acids is 1. The lowest BCUT2D eigenvalue weighted by molar-refractivity contribution is -0.121. The van der Waals surface area contributed by atoms with Crippen LogP contribution in [0.25, 0.3) is 10.9 Å². The number of amides is 1. The summed E-state index contributed by atoms with van der Waals surface area (Å²) in [5.74, 6) is -0.304. The van der Waals surface area contributed by atoms with Crippen molar-refractivity contribution < 1.29 is 4.79 Å². The van der Waals surface area contributed by atoms with E-state index in [2.05, 4.69) is 21.2 Å². The Morgan fingerprint density at radius 1 is 0.844 bits per heavy atom. The van der Waals surface area contributed by atoms with Crippen LogP contribution in [0.1, 0.15) is 11.1 Å². The van der Waals surface area contributed by atoms with Gasteiger partial charge in [-0.15, -0.1) is 0 Å². The molecule has 3 aromatic carbocycles. The summed E-state index contributed by atoms with van der Waals surface area (Å²) in [5, 5.41) is 3.27. The molecule has 1 N–H and O–H groups in total. The van der Waals surface area contributed by atoms with Crippen LogP contribution in [0.4, 0.5) is 0 Å². The molecule has 4 aromatic rings. The molecule has 1 amide bonds. The number of aromatic nitrogens is 2. The van der Waals surface area contributed by atoms with Crippen LogP contribution in [0, 0.1) is 0 Å². The molecule has 162 valence electrons. The van der Waals surface area contributed by atoms with E-state index in [-0.39, 0.29) is 24.6 Å². The average Bonchev–Trinajstić information content (AvgIpc) is 2.82. The number of aryl methyl sites for hydroxylation is 1. The van der Waals surface area contributed by atoms with Crippen molar-refractivity contribution in [3.8, 4) is 0 Å². The van der Waals surface area contributed by atoms with Gasteiger partial charge in [0.25, 0.3) is 5.56 Å². The molecule has 0 saturated heterocycles. The van der Waals surface area contributed by atoms with Gasteiger partial charge in [0.15, 0.2) is 0 Å². The molecule has 0 unspecified atom stereocenters. The van der Waals surface area contributed by atoms with E-state index >= 15 is 0 Å². The minimum atomic E-state index is -0.485. The smallest absolute Gasteiger partial charge is 0.331 e. The monoisotopic (exact) mass is 491 g/mol. The predicted octanol–water partition coefficient (Wildman–Crippen LogP) is 3.48. The highest BCUT2D eigenvalue weighted by atomic mass is 79.9. The number of nitrogens with one attached hydrogen (secondary N) is 1. The molecule has 0 spiro atoms. The summed E-state index contributed by atoms with van der Waals surface area (Å²) in [5.41, 5.74) is 1.59. The highest BCUT2D eigenvalue weighted by molar-refractivity contribution is 9.10. The normalized spacial score (nSPS) is 10.9. The Labute approximate surface area is 193 Å². The van der Waals surface area contributed by atoms with E-state index in [0.29, 0.717) is 23.9 Å². The summed E-state index contributed by atoms with van der Waals surface area (Å²) in [6.07, 6.45) is 0.544. The first kappa shape index (κ1) is 21.8. The van der Waals surface area contributed by atoms with Gasteiger partial charge in [-0.05, 0) is 35.7 Å². The molecule has 0 bridgehead atoms. The molecule has 0 aliphatic heterocycles. The molecule has 32 heavy (non-hydrogen) atoms. The Hall–Kier alpha value is -3.45. The van der Waals surface area contributed by atoms with Crippen molar-refractivity contribution in [2.24, 2.45) is 0 Å². The highest BCUT2D eigenvalue weighted by Gasteiger charge is 2.15. The quantitative estimate of drug-likeness (QED) is 0.430. The summed E-state index contributed by atoms with van der Waals surface area (Å²) in [4.78, 5) is 38.9. The number of hydrogen-bond acceptors (Lipinski definition) is 3. The van der Waals surface area contributed by atoms with Gasteiger partial charge in [0.2, 0.25) is 5.91 Å². The predicted molar refractivity (Wildman–Crippen MR) is 129 cm³/mol. The minimum absolute atomic E-state index is 0.171. The van der Waals surface area contributed by atoms with Gasteiger partial charge in [0.1, 0.15) is 6.54 Å². The fourth-order valence-electron chi connectivity index (χ4n) is 3.64. The molecule has 1 heterocycles. The molecule has 6 nitrogen and oxygen atoms in total. The Morgan fingerprint density at radius 3 is 2.31 bits per heavy atom. The fourth-order valence-corrected chi connectivity index (χ4v) is 4.07. The molecule has 0 saturated carbocycles. The van der Waals surface area contributed by atoms with Crippen LogP contribution in [0.2, 0.25) is 0 Å². The molecule has 0 aliphatic carbocycles. The van der Waals surface area contributed by atoms with E-state index in [1.807, 2.05) is 54.6 Å². The summed E-state index contributed by atoms with van der Waals surface area (Å²) in [6.45, 7) is 0.404. The standard InChI is InChI=1S/C25H22BrN3O3/c26-21-12-6-4-10-19(21)16-27-23(30)17-29-22-13-7-5-11-20(22)24(31)28(25(29)32)15-14-18-8-2-1-3-9-18/h1-13H,14-17H2,(H,27,30). The largest absolute Gasteiger partial charge is 0.350 e. The van der Waals surface area contributed by atoms with Crippen LogP contribution in [0.5, 0.6) is 0 Å². The van der Waals surface area contributed by atoms with Gasteiger partial charge in [-0.2, -0.15) is 0 Å². The Balaban J connectivity index is 1.62. The van der Waals surface area contributed by atoms with Gasteiger partial charge in [-0.25, -0.2) is 4.79 Å².